The topological polar surface area (TPSA) is 0 Å². The molecule has 0 N–H and O–H groups in total. The van der Waals surface area contributed by atoms with E-state index in [9.17, 15) is 0 Å². The molecule has 0 fully saturated rings. The van der Waals surface area contributed by atoms with E-state index in [0.29, 0.717) is 16.6 Å². The van der Waals surface area contributed by atoms with Crippen molar-refractivity contribution in [3.8, 4) is 11.5 Å². The maximum absolute atomic E-state index is 3.83. The van der Waals surface area contributed by atoms with Crippen molar-refractivity contribution in [1.82, 2.24) is 0 Å². The van der Waals surface area contributed by atoms with Crippen molar-refractivity contribution >= 4 is 13.6 Å². The number of hydrogen-bond donors (Lipinski definition) is 0. The second-order valence-corrected chi connectivity index (χ2v) is 14.0. The summed E-state index contributed by atoms with van der Waals surface area (Å²) >= 11 is 0. The van der Waals surface area contributed by atoms with Crippen LogP contribution in [0.25, 0.3) is 5.57 Å². The zero-order valence-electron chi connectivity index (χ0n) is 18.0. The lowest BCUT2D eigenvalue weighted by atomic mass is 9.97. The highest BCUT2D eigenvalue weighted by Crippen LogP contribution is 2.40. The van der Waals surface area contributed by atoms with Crippen LogP contribution in [0.2, 0.25) is 16.6 Å². The van der Waals surface area contributed by atoms with Gasteiger partial charge in [0.05, 0.1) is 0 Å². The van der Waals surface area contributed by atoms with Gasteiger partial charge in [0.25, 0.3) is 0 Å². The van der Waals surface area contributed by atoms with Crippen LogP contribution in [-0.2, 0) is 0 Å². The van der Waals surface area contributed by atoms with Crippen molar-refractivity contribution in [1.29, 1.82) is 0 Å². The Morgan fingerprint density at radius 2 is 1.22 bits per heavy atom. The molecule has 0 aliphatic carbocycles. The summed E-state index contributed by atoms with van der Waals surface area (Å²) < 4.78 is 0. The molecule has 2 aromatic rings. The Labute approximate surface area is 167 Å². The number of benzene rings is 2. The van der Waals surface area contributed by atoms with Crippen LogP contribution >= 0.6 is 0 Å². The van der Waals surface area contributed by atoms with Gasteiger partial charge in [0.2, 0.25) is 0 Å². The molecular formula is C26H34Si. The fourth-order valence-electron chi connectivity index (χ4n) is 4.35. The van der Waals surface area contributed by atoms with Gasteiger partial charge in [-0.25, -0.2) is 0 Å². The normalized spacial score (nSPS) is 12.4. The molecule has 27 heavy (non-hydrogen) atoms. The molecule has 142 valence electrons. The van der Waals surface area contributed by atoms with E-state index in [0.717, 1.165) is 0 Å². The van der Waals surface area contributed by atoms with Crippen LogP contribution in [-0.4, -0.2) is 8.07 Å². The third kappa shape index (κ3) is 4.82. The van der Waals surface area contributed by atoms with Crippen LogP contribution in [0.15, 0.2) is 60.7 Å². The summed E-state index contributed by atoms with van der Waals surface area (Å²) in [6.45, 7) is 16.3. The molecule has 0 aromatic heterocycles. The minimum absolute atomic E-state index is 0.651. The van der Waals surface area contributed by atoms with E-state index in [1.54, 1.807) is 0 Å². The molecule has 0 aliphatic heterocycles. The summed E-state index contributed by atoms with van der Waals surface area (Å²) in [4.78, 5) is 0. The van der Waals surface area contributed by atoms with E-state index in [-0.39, 0.29) is 0 Å². The van der Waals surface area contributed by atoms with Gasteiger partial charge >= 0.3 is 0 Å². The van der Waals surface area contributed by atoms with E-state index in [1.807, 2.05) is 0 Å². The monoisotopic (exact) mass is 374 g/mol. The fourth-order valence-corrected chi connectivity index (χ4v) is 9.54. The van der Waals surface area contributed by atoms with Crippen molar-refractivity contribution in [3.05, 3.63) is 77.4 Å². The van der Waals surface area contributed by atoms with Crippen LogP contribution in [0.5, 0.6) is 0 Å². The molecule has 0 atom stereocenters. The lowest BCUT2D eigenvalue weighted by molar-refractivity contribution is 0.838. The van der Waals surface area contributed by atoms with Gasteiger partial charge in [0, 0.05) is 0 Å². The van der Waals surface area contributed by atoms with E-state index in [4.69, 9.17) is 0 Å². The van der Waals surface area contributed by atoms with Crippen molar-refractivity contribution in [2.45, 2.75) is 65.1 Å². The minimum Gasteiger partial charge on any atom is -0.126 e. The molecule has 0 aliphatic rings. The first-order valence-electron chi connectivity index (χ1n) is 10.1. The molecule has 1 heteroatoms. The van der Waals surface area contributed by atoms with Gasteiger partial charge in [0.1, 0.15) is 8.07 Å². The van der Waals surface area contributed by atoms with Gasteiger partial charge in [-0.2, -0.15) is 0 Å². The summed E-state index contributed by atoms with van der Waals surface area (Å²) in [7, 11) is -1.71. The van der Waals surface area contributed by atoms with E-state index in [1.165, 1.54) is 22.3 Å². The van der Waals surface area contributed by atoms with Gasteiger partial charge < -0.3 is 0 Å². The number of allylic oxidation sites excluding steroid dienone is 1. The second kappa shape index (κ2) is 9.24. The summed E-state index contributed by atoms with van der Waals surface area (Å²) in [6, 6.07) is 19.4. The standard InChI is InChI=1S/C26H34Si/c1-20(2)27(21(3)4,22(5)6)19-11-14-26(24-12-9-8-10-13-24)25-17-15-23(7)16-18-25/h8-10,12-18,20-22H,1-7H3/b26-14+. The Bertz CT molecular complexity index is 790. The first kappa shape index (κ1) is 21.3. The maximum Gasteiger partial charge on any atom is 0.146 e. The third-order valence-corrected chi connectivity index (χ3v) is 12.1. The predicted molar refractivity (Wildman–Crippen MR) is 124 cm³/mol. The molecule has 2 rings (SSSR count). The first-order valence-corrected chi connectivity index (χ1v) is 12.4. The first-order chi connectivity index (χ1) is 12.8. The minimum atomic E-state index is -1.71. The highest BCUT2D eigenvalue weighted by atomic mass is 28.3. The average molecular weight is 375 g/mol. The summed E-state index contributed by atoms with van der Waals surface area (Å²) in [5, 5.41) is 0. The van der Waals surface area contributed by atoms with Gasteiger partial charge in [-0.1, -0.05) is 108 Å². The van der Waals surface area contributed by atoms with E-state index < -0.39 is 8.07 Å². The lowest BCUT2D eigenvalue weighted by Gasteiger charge is -2.38. The molecule has 0 amide bonds. The van der Waals surface area contributed by atoms with E-state index in [2.05, 4.69) is 121 Å². The molecule has 0 unspecified atom stereocenters. The molecule has 0 nitrogen and oxygen atoms in total. The van der Waals surface area contributed by atoms with Gasteiger partial charge in [-0.05, 0) is 46.3 Å². The van der Waals surface area contributed by atoms with Crippen LogP contribution < -0.4 is 0 Å². The summed E-state index contributed by atoms with van der Waals surface area (Å²) in [5.74, 6) is 3.53. The molecule has 0 bridgehead atoms. The average Bonchev–Trinajstić information content (AvgIpc) is 2.63. The molecule has 0 heterocycles. The zero-order valence-corrected chi connectivity index (χ0v) is 19.0. The van der Waals surface area contributed by atoms with Crippen molar-refractivity contribution in [3.63, 3.8) is 0 Å². The number of rotatable bonds is 5. The highest BCUT2D eigenvalue weighted by Gasteiger charge is 2.41. The molecular weight excluding hydrogens is 340 g/mol. The Balaban J connectivity index is 2.56. The Morgan fingerprint density at radius 1 is 0.741 bits per heavy atom. The number of aryl methyl sites for hydroxylation is 1. The van der Waals surface area contributed by atoms with Gasteiger partial charge in [0.15, 0.2) is 0 Å². The van der Waals surface area contributed by atoms with Gasteiger partial charge in [-0.3, -0.25) is 0 Å². The Morgan fingerprint density at radius 3 is 1.70 bits per heavy atom. The molecule has 2 aromatic carbocycles. The number of hydrogen-bond acceptors (Lipinski definition) is 0. The lowest BCUT2D eigenvalue weighted by Crippen LogP contribution is -2.43. The second-order valence-electron chi connectivity index (χ2n) is 8.46. The van der Waals surface area contributed by atoms with Crippen LogP contribution in [0.1, 0.15) is 58.2 Å². The highest BCUT2D eigenvalue weighted by molar-refractivity contribution is 6.90. The quantitative estimate of drug-likeness (QED) is 0.372. The SMILES string of the molecule is Cc1ccc(/C(=C/C#C[Si](C(C)C)(C(C)C)C(C)C)c2ccccc2)cc1. The van der Waals surface area contributed by atoms with Crippen LogP contribution in [0.3, 0.4) is 0 Å². The van der Waals surface area contributed by atoms with Crippen LogP contribution in [0, 0.1) is 18.4 Å². The predicted octanol–water partition coefficient (Wildman–Crippen LogP) is 7.65. The molecule has 0 saturated heterocycles. The van der Waals surface area contributed by atoms with Crippen molar-refractivity contribution in [2.75, 3.05) is 0 Å². The largest absolute Gasteiger partial charge is 0.146 e. The van der Waals surface area contributed by atoms with Crippen molar-refractivity contribution in [2.24, 2.45) is 0 Å². The van der Waals surface area contributed by atoms with E-state index >= 15 is 0 Å². The maximum atomic E-state index is 3.83. The molecule has 0 radical (unpaired) electrons. The summed E-state index contributed by atoms with van der Waals surface area (Å²) in [6.07, 6.45) is 2.15. The Hall–Kier alpha value is -2.04. The smallest absolute Gasteiger partial charge is 0.126 e. The van der Waals surface area contributed by atoms with Gasteiger partial charge in [-0.15, -0.1) is 5.54 Å². The van der Waals surface area contributed by atoms with Crippen molar-refractivity contribution < 1.29 is 0 Å². The molecule has 0 spiro atoms. The zero-order chi connectivity index (χ0) is 20.0. The Kier molecular flexibility index (Phi) is 7.28. The summed E-state index contributed by atoms with van der Waals surface area (Å²) in [5.41, 5.74) is 10.7. The van der Waals surface area contributed by atoms with Crippen LogP contribution in [0.4, 0.5) is 0 Å². The molecule has 0 saturated carbocycles. The third-order valence-electron chi connectivity index (χ3n) is 5.82. The fraction of sp³-hybridized carbons (Fsp3) is 0.385.